The number of benzene rings is 2. The fourth-order valence-electron chi connectivity index (χ4n) is 2.38. The number of carbonyl (C=O) groups is 2. The Bertz CT molecular complexity index is 773. The van der Waals surface area contributed by atoms with Crippen LogP contribution in [0.3, 0.4) is 0 Å². The van der Waals surface area contributed by atoms with Gasteiger partial charge >= 0.3 is 5.97 Å². The molecule has 0 fully saturated rings. The van der Waals surface area contributed by atoms with Crippen LogP contribution >= 0.6 is 11.6 Å². The minimum atomic E-state index is -0.483. The highest BCUT2D eigenvalue weighted by Crippen LogP contribution is 2.23. The largest absolute Gasteiger partial charge is 0.465 e. The number of ether oxygens (including phenoxy) is 1. The van der Waals surface area contributed by atoms with E-state index in [-0.39, 0.29) is 12.3 Å². The summed E-state index contributed by atoms with van der Waals surface area (Å²) in [5, 5.41) is 6.30. The average molecular weight is 375 g/mol. The molecule has 0 unspecified atom stereocenters. The molecule has 0 radical (unpaired) electrons. The van der Waals surface area contributed by atoms with Crippen molar-refractivity contribution in [1.29, 1.82) is 0 Å². The van der Waals surface area contributed by atoms with Crippen LogP contribution in [0.25, 0.3) is 0 Å². The first-order valence-corrected chi connectivity index (χ1v) is 8.80. The highest BCUT2D eigenvalue weighted by Gasteiger charge is 2.11. The maximum Gasteiger partial charge on any atom is 0.337 e. The summed E-state index contributed by atoms with van der Waals surface area (Å²) in [5.41, 5.74) is 2.96. The van der Waals surface area contributed by atoms with E-state index in [9.17, 15) is 9.59 Å². The molecule has 0 aliphatic carbocycles. The topological polar surface area (TPSA) is 67.4 Å². The zero-order valence-electron chi connectivity index (χ0n) is 15.1. The van der Waals surface area contributed by atoms with Gasteiger partial charge in [-0.3, -0.25) is 4.79 Å². The second-order valence-electron chi connectivity index (χ2n) is 6.19. The van der Waals surface area contributed by atoms with Crippen molar-refractivity contribution in [3.8, 4) is 0 Å². The molecule has 0 atom stereocenters. The van der Waals surface area contributed by atoms with Crippen LogP contribution in [0.4, 0.5) is 11.4 Å². The zero-order chi connectivity index (χ0) is 19.1. The SMILES string of the molecule is COC(=O)c1ccc(Cl)c(NC(=O)CCNc2ccc(C(C)C)cc2)c1. The van der Waals surface area contributed by atoms with Crippen molar-refractivity contribution < 1.29 is 14.3 Å². The van der Waals surface area contributed by atoms with E-state index >= 15 is 0 Å². The van der Waals surface area contributed by atoms with Gasteiger partial charge in [-0.05, 0) is 41.8 Å². The first kappa shape index (κ1) is 19.8. The van der Waals surface area contributed by atoms with Crippen molar-refractivity contribution in [3.63, 3.8) is 0 Å². The molecular weight excluding hydrogens is 352 g/mol. The van der Waals surface area contributed by atoms with E-state index in [0.29, 0.717) is 28.7 Å². The van der Waals surface area contributed by atoms with Crippen molar-refractivity contribution in [1.82, 2.24) is 0 Å². The monoisotopic (exact) mass is 374 g/mol. The van der Waals surface area contributed by atoms with Crippen molar-refractivity contribution in [2.75, 3.05) is 24.3 Å². The van der Waals surface area contributed by atoms with Crippen LogP contribution in [-0.4, -0.2) is 25.5 Å². The molecule has 138 valence electrons. The lowest BCUT2D eigenvalue weighted by molar-refractivity contribution is -0.115. The minimum Gasteiger partial charge on any atom is -0.465 e. The number of anilines is 2. The number of carbonyl (C=O) groups excluding carboxylic acids is 2. The Morgan fingerprint density at radius 1 is 1.12 bits per heavy atom. The van der Waals surface area contributed by atoms with Gasteiger partial charge in [0.1, 0.15) is 0 Å². The minimum absolute atomic E-state index is 0.194. The van der Waals surface area contributed by atoms with Crippen LogP contribution in [0.15, 0.2) is 42.5 Å². The second kappa shape index (κ2) is 9.25. The smallest absolute Gasteiger partial charge is 0.337 e. The summed E-state index contributed by atoms with van der Waals surface area (Å²) < 4.78 is 4.67. The molecule has 0 saturated carbocycles. The van der Waals surface area contributed by atoms with Gasteiger partial charge in [-0.15, -0.1) is 0 Å². The summed E-state index contributed by atoms with van der Waals surface area (Å²) in [6.07, 6.45) is 0.269. The third-order valence-corrected chi connectivity index (χ3v) is 4.25. The predicted molar refractivity (Wildman–Crippen MR) is 105 cm³/mol. The normalized spacial score (nSPS) is 10.5. The van der Waals surface area contributed by atoms with Gasteiger partial charge in [0.15, 0.2) is 0 Å². The van der Waals surface area contributed by atoms with Crippen LogP contribution in [0.2, 0.25) is 5.02 Å². The number of hydrogen-bond acceptors (Lipinski definition) is 4. The van der Waals surface area contributed by atoms with Gasteiger partial charge in [0, 0.05) is 18.7 Å². The molecule has 5 nitrogen and oxygen atoms in total. The summed E-state index contributed by atoms with van der Waals surface area (Å²) in [7, 11) is 1.30. The molecule has 2 aromatic carbocycles. The van der Waals surface area contributed by atoms with Gasteiger partial charge in [0.2, 0.25) is 5.91 Å². The molecule has 1 amide bonds. The number of methoxy groups -OCH3 is 1. The van der Waals surface area contributed by atoms with Gasteiger partial charge in [-0.2, -0.15) is 0 Å². The van der Waals surface area contributed by atoms with E-state index in [4.69, 9.17) is 11.6 Å². The highest BCUT2D eigenvalue weighted by molar-refractivity contribution is 6.33. The lowest BCUT2D eigenvalue weighted by Gasteiger charge is -2.11. The summed E-state index contributed by atoms with van der Waals surface area (Å²) in [4.78, 5) is 23.7. The number of esters is 1. The van der Waals surface area contributed by atoms with E-state index in [1.54, 1.807) is 12.1 Å². The average Bonchev–Trinajstić information content (AvgIpc) is 2.63. The third-order valence-electron chi connectivity index (χ3n) is 3.92. The van der Waals surface area contributed by atoms with Crippen molar-refractivity contribution >= 4 is 34.9 Å². The number of nitrogens with one attached hydrogen (secondary N) is 2. The molecule has 26 heavy (non-hydrogen) atoms. The van der Waals surface area contributed by atoms with Gasteiger partial charge < -0.3 is 15.4 Å². The van der Waals surface area contributed by atoms with Crippen LogP contribution in [-0.2, 0) is 9.53 Å². The molecule has 0 spiro atoms. The number of amides is 1. The first-order chi connectivity index (χ1) is 12.4. The van der Waals surface area contributed by atoms with E-state index in [1.807, 2.05) is 12.1 Å². The Labute approximate surface area is 158 Å². The van der Waals surface area contributed by atoms with Gasteiger partial charge in [-0.25, -0.2) is 4.79 Å². The fourth-order valence-corrected chi connectivity index (χ4v) is 2.55. The van der Waals surface area contributed by atoms with E-state index in [1.165, 1.54) is 18.7 Å². The van der Waals surface area contributed by atoms with Crippen molar-refractivity contribution in [3.05, 3.63) is 58.6 Å². The number of rotatable bonds is 7. The Balaban J connectivity index is 1.88. The molecule has 6 heteroatoms. The third kappa shape index (κ3) is 5.49. The maximum atomic E-state index is 12.1. The van der Waals surface area contributed by atoms with Crippen LogP contribution in [0.1, 0.15) is 42.1 Å². The maximum absolute atomic E-state index is 12.1. The number of halogens is 1. The molecule has 2 rings (SSSR count). The van der Waals surface area contributed by atoms with Gasteiger partial charge in [-0.1, -0.05) is 37.6 Å². The molecule has 0 bridgehead atoms. The Kier molecular flexibility index (Phi) is 7.04. The summed E-state index contributed by atoms with van der Waals surface area (Å²) in [5.74, 6) is -0.191. The van der Waals surface area contributed by atoms with E-state index in [2.05, 4.69) is 41.4 Å². The Morgan fingerprint density at radius 3 is 2.42 bits per heavy atom. The van der Waals surface area contributed by atoms with Crippen molar-refractivity contribution in [2.24, 2.45) is 0 Å². The van der Waals surface area contributed by atoms with Gasteiger partial charge in [0.25, 0.3) is 0 Å². The quantitative estimate of drug-likeness (QED) is 0.690. The van der Waals surface area contributed by atoms with Crippen LogP contribution in [0, 0.1) is 0 Å². The molecule has 0 saturated heterocycles. The molecular formula is C20H23ClN2O3. The van der Waals surface area contributed by atoms with Crippen molar-refractivity contribution in [2.45, 2.75) is 26.2 Å². The fraction of sp³-hybridized carbons (Fsp3) is 0.300. The van der Waals surface area contributed by atoms with Crippen LogP contribution < -0.4 is 10.6 Å². The van der Waals surface area contributed by atoms with Crippen LogP contribution in [0.5, 0.6) is 0 Å². The highest BCUT2D eigenvalue weighted by atomic mass is 35.5. The summed E-state index contributed by atoms with van der Waals surface area (Å²) >= 11 is 6.08. The molecule has 0 heterocycles. The number of hydrogen-bond donors (Lipinski definition) is 2. The second-order valence-corrected chi connectivity index (χ2v) is 6.60. The zero-order valence-corrected chi connectivity index (χ0v) is 15.9. The van der Waals surface area contributed by atoms with E-state index < -0.39 is 5.97 Å². The molecule has 0 aliphatic heterocycles. The van der Waals surface area contributed by atoms with E-state index in [0.717, 1.165) is 5.69 Å². The lowest BCUT2D eigenvalue weighted by atomic mass is 10.0. The summed E-state index contributed by atoms with van der Waals surface area (Å²) in [6, 6.07) is 12.8. The standard InChI is InChI=1S/C20H23ClN2O3/c1-13(2)14-4-7-16(8-5-14)22-11-10-19(24)23-18-12-15(20(25)26-3)6-9-17(18)21/h4-9,12-13,22H,10-11H2,1-3H3,(H,23,24). The summed E-state index contributed by atoms with van der Waals surface area (Å²) in [6.45, 7) is 4.78. The van der Waals surface area contributed by atoms with Gasteiger partial charge in [0.05, 0.1) is 23.4 Å². The molecule has 2 N–H and O–H groups in total. The Morgan fingerprint density at radius 2 is 1.81 bits per heavy atom. The Hall–Kier alpha value is -2.53. The molecule has 2 aromatic rings. The molecule has 0 aliphatic rings. The lowest BCUT2D eigenvalue weighted by Crippen LogP contribution is -2.17. The predicted octanol–water partition coefficient (Wildman–Crippen LogP) is 4.69. The molecule has 0 aromatic heterocycles. The first-order valence-electron chi connectivity index (χ1n) is 8.42.